The molecular weight excluding hydrogens is 390 g/mol. The molecule has 8 nitrogen and oxygen atoms in total. The Hall–Kier alpha value is -3.46. The van der Waals surface area contributed by atoms with E-state index in [1.54, 1.807) is 23.1 Å². The molecule has 146 valence electrons. The zero-order valence-corrected chi connectivity index (χ0v) is 16.4. The van der Waals surface area contributed by atoms with Gasteiger partial charge in [-0.25, -0.2) is 14.6 Å². The number of thiazole rings is 1. The minimum Gasteiger partial charge on any atom is -0.486 e. The summed E-state index contributed by atoms with van der Waals surface area (Å²) in [5.41, 5.74) is 4.40. The third-order valence-corrected chi connectivity index (χ3v) is 5.49. The predicted molar refractivity (Wildman–Crippen MR) is 109 cm³/mol. The van der Waals surface area contributed by atoms with Crippen molar-refractivity contribution in [1.82, 2.24) is 25.1 Å². The molecule has 1 amide bonds. The van der Waals surface area contributed by atoms with Gasteiger partial charge in [0.2, 0.25) is 5.91 Å². The fourth-order valence-electron chi connectivity index (χ4n) is 3.24. The number of amides is 1. The molecule has 2 aromatic heterocycles. The second kappa shape index (κ2) is 7.17. The number of carbonyl (C=O) groups is 1. The molecule has 0 fully saturated rings. The Balaban J connectivity index is 1.67. The van der Waals surface area contributed by atoms with Crippen molar-refractivity contribution in [3.05, 3.63) is 47.7 Å². The van der Waals surface area contributed by atoms with E-state index in [1.165, 1.54) is 0 Å². The van der Waals surface area contributed by atoms with E-state index >= 15 is 0 Å². The molecule has 2 aromatic carbocycles. The zero-order chi connectivity index (χ0) is 19.8. The summed E-state index contributed by atoms with van der Waals surface area (Å²) in [6.45, 7) is 1.04. The van der Waals surface area contributed by atoms with Gasteiger partial charge in [-0.3, -0.25) is 4.79 Å². The minimum absolute atomic E-state index is 0.0969. The molecule has 0 saturated carbocycles. The highest BCUT2D eigenvalue weighted by Crippen LogP contribution is 2.35. The van der Waals surface area contributed by atoms with Crippen LogP contribution in [0.4, 0.5) is 0 Å². The highest BCUT2D eigenvalue weighted by molar-refractivity contribution is 7.17. The highest BCUT2D eigenvalue weighted by Gasteiger charge is 2.20. The number of nitrogens with zero attached hydrogens (tertiary/aromatic N) is 4. The third kappa shape index (κ3) is 3.19. The molecule has 0 spiro atoms. The lowest BCUT2D eigenvalue weighted by Gasteiger charge is -2.19. The molecule has 0 aliphatic carbocycles. The summed E-state index contributed by atoms with van der Waals surface area (Å²) < 4.78 is 14.1. The predicted octanol–water partition coefficient (Wildman–Crippen LogP) is 2.60. The lowest BCUT2D eigenvalue weighted by atomic mass is 10.2. The van der Waals surface area contributed by atoms with Gasteiger partial charge >= 0.3 is 0 Å². The van der Waals surface area contributed by atoms with Gasteiger partial charge in [0, 0.05) is 18.7 Å². The quantitative estimate of drug-likeness (QED) is 0.559. The summed E-state index contributed by atoms with van der Waals surface area (Å²) in [5, 5.41) is 7.23. The van der Waals surface area contributed by atoms with Crippen LogP contribution in [0.3, 0.4) is 0 Å². The van der Waals surface area contributed by atoms with Crippen LogP contribution >= 0.6 is 11.3 Å². The first-order chi connectivity index (χ1) is 14.2. The zero-order valence-electron chi connectivity index (χ0n) is 15.6. The smallest absolute Gasteiger partial charge is 0.227 e. The molecule has 0 unspecified atom stereocenters. The van der Waals surface area contributed by atoms with Crippen molar-refractivity contribution in [3.63, 3.8) is 0 Å². The largest absolute Gasteiger partial charge is 0.486 e. The lowest BCUT2D eigenvalue weighted by molar-refractivity contribution is -0.120. The van der Waals surface area contributed by atoms with E-state index < -0.39 is 0 Å². The Morgan fingerprint density at radius 2 is 2.07 bits per heavy atom. The normalized spacial score (nSPS) is 12.9. The van der Waals surface area contributed by atoms with Crippen molar-refractivity contribution in [2.24, 2.45) is 0 Å². The van der Waals surface area contributed by atoms with Crippen LogP contribution in [-0.4, -0.2) is 45.9 Å². The molecule has 1 N–H and O–H groups in total. The monoisotopic (exact) mass is 407 g/mol. The summed E-state index contributed by atoms with van der Waals surface area (Å²) in [6, 6.07) is 11.5. The lowest BCUT2D eigenvalue weighted by Crippen LogP contribution is -2.20. The molecular formula is C20H17N5O3S. The molecule has 1 aliphatic rings. The van der Waals surface area contributed by atoms with Crippen molar-refractivity contribution < 1.29 is 14.3 Å². The molecule has 3 heterocycles. The number of likely N-dealkylation sites (N-methyl/N-ethyl adjacent to an activating group) is 1. The first kappa shape index (κ1) is 17.6. The van der Waals surface area contributed by atoms with Crippen LogP contribution in [0.25, 0.3) is 27.3 Å². The number of hydrogen-bond donors (Lipinski definition) is 1. The number of ether oxygens (including phenoxy) is 2. The topological polar surface area (TPSA) is 91.2 Å². The van der Waals surface area contributed by atoms with Crippen molar-refractivity contribution in [1.29, 1.82) is 0 Å². The van der Waals surface area contributed by atoms with E-state index in [9.17, 15) is 4.79 Å². The van der Waals surface area contributed by atoms with Gasteiger partial charge in [0.1, 0.15) is 13.2 Å². The summed E-state index contributed by atoms with van der Waals surface area (Å²) in [4.78, 5) is 21.0. The fraction of sp³-hybridized carbons (Fsp3) is 0.200. The van der Waals surface area contributed by atoms with Gasteiger partial charge in [-0.2, -0.15) is 5.10 Å². The number of carbonyl (C=O) groups excluding carboxylic acids is 1. The Kier molecular flexibility index (Phi) is 4.36. The van der Waals surface area contributed by atoms with Crippen LogP contribution in [0.15, 0.2) is 41.9 Å². The molecule has 29 heavy (non-hydrogen) atoms. The summed E-state index contributed by atoms with van der Waals surface area (Å²) in [7, 11) is 1.60. The van der Waals surface area contributed by atoms with Gasteiger partial charge in [-0.15, -0.1) is 11.3 Å². The first-order valence-electron chi connectivity index (χ1n) is 9.12. The first-order valence-corrected chi connectivity index (χ1v) is 10.00. The van der Waals surface area contributed by atoms with E-state index in [-0.39, 0.29) is 12.3 Å². The van der Waals surface area contributed by atoms with Crippen LogP contribution < -0.4 is 14.8 Å². The molecule has 0 saturated heterocycles. The second-order valence-electron chi connectivity index (χ2n) is 6.45. The average molecular weight is 407 g/mol. The minimum atomic E-state index is -0.146. The van der Waals surface area contributed by atoms with Crippen LogP contribution in [0, 0.1) is 0 Å². The number of aromatic nitrogens is 4. The molecule has 1 aliphatic heterocycles. The summed E-state index contributed by atoms with van der Waals surface area (Å²) in [6.07, 6.45) is 0.0969. The maximum Gasteiger partial charge on any atom is 0.227 e. The maximum atomic E-state index is 11.9. The molecule has 0 radical (unpaired) electrons. The molecule has 0 atom stereocenters. The van der Waals surface area contributed by atoms with E-state index in [0.29, 0.717) is 36.4 Å². The fourth-order valence-corrected chi connectivity index (χ4v) is 4.04. The summed E-state index contributed by atoms with van der Waals surface area (Å²) >= 11 is 1.55. The van der Waals surface area contributed by atoms with Gasteiger partial charge in [-0.05, 0) is 24.3 Å². The summed E-state index contributed by atoms with van der Waals surface area (Å²) in [5.74, 6) is 2.31. The Morgan fingerprint density at radius 1 is 1.21 bits per heavy atom. The Bertz CT molecular complexity index is 1220. The second-order valence-corrected chi connectivity index (χ2v) is 7.30. The average Bonchev–Trinajstić information content (AvgIpc) is 3.40. The van der Waals surface area contributed by atoms with Gasteiger partial charge in [0.05, 0.1) is 27.8 Å². The number of benzene rings is 2. The van der Waals surface area contributed by atoms with Crippen LogP contribution in [0.2, 0.25) is 0 Å². The van der Waals surface area contributed by atoms with E-state index in [4.69, 9.17) is 9.47 Å². The number of nitrogens with one attached hydrogen (secondary N) is 1. The van der Waals surface area contributed by atoms with E-state index in [2.05, 4.69) is 20.4 Å². The number of hydrogen-bond acceptors (Lipinski definition) is 7. The number of fused-ring (bicyclic) bond motifs is 2. The Labute approximate surface area is 170 Å². The SMILES string of the molecule is CNC(=O)Cc1nc(-c2cccc3ncsc23)n(-c2ccc3c(c2)OCCO3)n1. The van der Waals surface area contributed by atoms with Gasteiger partial charge in [0.25, 0.3) is 0 Å². The van der Waals surface area contributed by atoms with Crippen molar-refractivity contribution in [2.45, 2.75) is 6.42 Å². The van der Waals surface area contributed by atoms with Gasteiger partial charge in [0.15, 0.2) is 23.1 Å². The molecule has 9 heteroatoms. The molecule has 4 aromatic rings. The van der Waals surface area contributed by atoms with E-state index in [1.807, 2.05) is 41.9 Å². The Morgan fingerprint density at radius 3 is 2.93 bits per heavy atom. The molecule has 0 bridgehead atoms. The standard InChI is InChI=1S/C20H17N5O3S/c1-21-18(26)10-17-23-20(13-3-2-4-14-19(13)29-11-22-14)25(24-17)12-5-6-15-16(9-12)28-8-7-27-15/h2-6,9,11H,7-8,10H2,1H3,(H,21,26). The third-order valence-electron chi connectivity index (χ3n) is 4.62. The maximum absolute atomic E-state index is 11.9. The van der Waals surface area contributed by atoms with Crippen molar-refractivity contribution in [2.75, 3.05) is 20.3 Å². The van der Waals surface area contributed by atoms with Crippen LogP contribution in [0.1, 0.15) is 5.82 Å². The van der Waals surface area contributed by atoms with Crippen molar-refractivity contribution in [3.8, 4) is 28.6 Å². The highest BCUT2D eigenvalue weighted by atomic mass is 32.1. The van der Waals surface area contributed by atoms with Crippen molar-refractivity contribution >= 4 is 27.5 Å². The molecule has 5 rings (SSSR count). The van der Waals surface area contributed by atoms with Crippen LogP contribution in [0.5, 0.6) is 11.5 Å². The van der Waals surface area contributed by atoms with Gasteiger partial charge < -0.3 is 14.8 Å². The number of rotatable bonds is 4. The van der Waals surface area contributed by atoms with Crippen LogP contribution in [-0.2, 0) is 11.2 Å². The van der Waals surface area contributed by atoms with Gasteiger partial charge in [-0.1, -0.05) is 6.07 Å². The van der Waals surface area contributed by atoms with E-state index in [0.717, 1.165) is 21.5 Å².